The topological polar surface area (TPSA) is 55.1 Å². The summed E-state index contributed by atoms with van der Waals surface area (Å²) < 4.78 is 1.94. The zero-order chi connectivity index (χ0) is 11.7. The number of nitrogens with zero attached hydrogens (tertiary/aromatic N) is 2. The number of rotatable bonds is 2. The summed E-state index contributed by atoms with van der Waals surface area (Å²) in [5, 5.41) is 9.16. The number of carbonyl (C=O) groups is 1. The number of aryl methyl sites for hydroxylation is 1. The molecule has 4 nitrogen and oxygen atoms in total. The summed E-state index contributed by atoms with van der Waals surface area (Å²) in [5.41, 5.74) is 1.18. The smallest absolute Gasteiger partial charge is 0.356 e. The highest BCUT2D eigenvalue weighted by Gasteiger charge is 2.26. The highest BCUT2D eigenvalue weighted by Crippen LogP contribution is 2.34. The summed E-state index contributed by atoms with van der Waals surface area (Å²) in [4.78, 5) is 15.3. The normalized spacial score (nSPS) is 17.6. The Morgan fingerprint density at radius 2 is 2.00 bits per heavy atom. The van der Waals surface area contributed by atoms with Gasteiger partial charge in [-0.2, -0.15) is 0 Å². The lowest BCUT2D eigenvalue weighted by Crippen LogP contribution is -2.13. The molecule has 2 rings (SSSR count). The minimum atomic E-state index is -0.899. The molecule has 0 spiro atoms. The number of hydrogen-bond acceptors (Lipinski definition) is 2. The summed E-state index contributed by atoms with van der Waals surface area (Å²) in [6, 6.07) is 0. The number of carboxylic acids is 1. The lowest BCUT2D eigenvalue weighted by molar-refractivity contribution is 0.0688. The molecule has 0 radical (unpaired) electrons. The Hall–Kier alpha value is -1.32. The first kappa shape index (κ1) is 11.2. The van der Waals surface area contributed by atoms with Crippen molar-refractivity contribution in [3.63, 3.8) is 0 Å². The molecule has 0 atom stereocenters. The Kier molecular flexibility index (Phi) is 2.99. The number of imidazole rings is 1. The number of hydrogen-bond donors (Lipinski definition) is 1. The standard InChI is InChI=1S/C12H18N2O2/c1-8-13-10(12(15)16)11(14(8)2)9-6-4-3-5-7-9/h9H,3-7H2,1-2H3,(H,15,16). The van der Waals surface area contributed by atoms with Gasteiger partial charge in [0.2, 0.25) is 0 Å². The lowest BCUT2D eigenvalue weighted by Gasteiger charge is -2.22. The Balaban J connectivity index is 2.40. The first-order chi connectivity index (χ1) is 7.61. The molecule has 1 aliphatic carbocycles. The molecule has 1 N–H and O–H groups in total. The minimum absolute atomic E-state index is 0.256. The van der Waals surface area contributed by atoms with E-state index in [1.165, 1.54) is 19.3 Å². The van der Waals surface area contributed by atoms with Gasteiger partial charge in [-0.1, -0.05) is 19.3 Å². The maximum absolute atomic E-state index is 11.2. The van der Waals surface area contributed by atoms with Gasteiger partial charge in [0.05, 0.1) is 5.69 Å². The quantitative estimate of drug-likeness (QED) is 0.836. The van der Waals surface area contributed by atoms with Crippen LogP contribution in [0.1, 0.15) is 60.0 Å². The van der Waals surface area contributed by atoms with Gasteiger partial charge in [0.15, 0.2) is 5.69 Å². The summed E-state index contributed by atoms with van der Waals surface area (Å²) in [6.45, 7) is 1.86. The van der Waals surface area contributed by atoms with E-state index >= 15 is 0 Å². The Bertz CT molecular complexity index is 403. The maximum Gasteiger partial charge on any atom is 0.356 e. The van der Waals surface area contributed by atoms with E-state index in [2.05, 4.69) is 4.98 Å². The van der Waals surface area contributed by atoms with Crippen molar-refractivity contribution in [2.75, 3.05) is 0 Å². The van der Waals surface area contributed by atoms with E-state index in [0.717, 1.165) is 24.4 Å². The van der Waals surface area contributed by atoms with Crippen molar-refractivity contribution in [1.29, 1.82) is 0 Å². The predicted octanol–water partition coefficient (Wildman–Crippen LogP) is 2.47. The van der Waals surface area contributed by atoms with Crippen LogP contribution < -0.4 is 0 Å². The SMILES string of the molecule is Cc1nc(C(=O)O)c(C2CCCCC2)n1C. The number of aromatic carboxylic acids is 1. The zero-order valence-corrected chi connectivity index (χ0v) is 9.86. The molecule has 0 unspecified atom stereocenters. The van der Waals surface area contributed by atoms with Gasteiger partial charge in [-0.15, -0.1) is 0 Å². The molecular formula is C12H18N2O2. The number of carboxylic acid groups (broad SMARTS) is 1. The van der Waals surface area contributed by atoms with Crippen LogP contribution in [0.5, 0.6) is 0 Å². The van der Waals surface area contributed by atoms with Gasteiger partial charge in [0.1, 0.15) is 5.82 Å². The highest BCUT2D eigenvalue weighted by atomic mass is 16.4. The molecule has 1 heterocycles. The summed E-state index contributed by atoms with van der Waals surface area (Å²) in [7, 11) is 1.92. The minimum Gasteiger partial charge on any atom is -0.476 e. The van der Waals surface area contributed by atoms with Crippen LogP contribution in [0.3, 0.4) is 0 Å². The van der Waals surface area contributed by atoms with E-state index in [-0.39, 0.29) is 5.69 Å². The molecule has 88 valence electrons. The van der Waals surface area contributed by atoms with Gasteiger partial charge in [-0.3, -0.25) is 0 Å². The Morgan fingerprint density at radius 1 is 1.38 bits per heavy atom. The molecule has 0 saturated heterocycles. The molecule has 0 amide bonds. The molecule has 1 saturated carbocycles. The van der Waals surface area contributed by atoms with Crippen molar-refractivity contribution in [3.05, 3.63) is 17.2 Å². The monoisotopic (exact) mass is 222 g/mol. The second-order valence-electron chi connectivity index (χ2n) is 4.59. The predicted molar refractivity (Wildman–Crippen MR) is 60.7 cm³/mol. The van der Waals surface area contributed by atoms with Crippen molar-refractivity contribution < 1.29 is 9.90 Å². The van der Waals surface area contributed by atoms with Crippen LogP contribution in [-0.2, 0) is 7.05 Å². The highest BCUT2D eigenvalue weighted by molar-refractivity contribution is 5.87. The molecule has 1 aromatic heterocycles. The Labute approximate surface area is 95.3 Å². The van der Waals surface area contributed by atoms with Gasteiger partial charge in [-0.05, 0) is 19.8 Å². The van der Waals surface area contributed by atoms with Crippen LogP contribution in [0, 0.1) is 6.92 Å². The summed E-state index contributed by atoms with van der Waals surface area (Å²) >= 11 is 0. The van der Waals surface area contributed by atoms with E-state index < -0.39 is 5.97 Å². The fourth-order valence-corrected chi connectivity index (χ4v) is 2.63. The van der Waals surface area contributed by atoms with Crippen molar-refractivity contribution in [2.45, 2.75) is 44.9 Å². The fourth-order valence-electron chi connectivity index (χ4n) is 2.63. The second kappa shape index (κ2) is 4.28. The van der Waals surface area contributed by atoms with Crippen molar-refractivity contribution in [2.24, 2.45) is 7.05 Å². The van der Waals surface area contributed by atoms with Gasteiger partial charge < -0.3 is 9.67 Å². The first-order valence-electron chi connectivity index (χ1n) is 5.87. The van der Waals surface area contributed by atoms with Gasteiger partial charge >= 0.3 is 5.97 Å². The van der Waals surface area contributed by atoms with Crippen molar-refractivity contribution in [3.8, 4) is 0 Å². The second-order valence-corrected chi connectivity index (χ2v) is 4.59. The van der Waals surface area contributed by atoms with Crippen LogP contribution in [-0.4, -0.2) is 20.6 Å². The first-order valence-corrected chi connectivity index (χ1v) is 5.87. The Morgan fingerprint density at radius 3 is 2.56 bits per heavy atom. The number of aromatic nitrogens is 2. The average Bonchev–Trinajstić information content (AvgIpc) is 2.57. The van der Waals surface area contributed by atoms with Crippen LogP contribution in [0.15, 0.2) is 0 Å². The van der Waals surface area contributed by atoms with E-state index in [1.54, 1.807) is 0 Å². The molecule has 4 heteroatoms. The lowest BCUT2D eigenvalue weighted by atomic mass is 9.86. The van der Waals surface area contributed by atoms with Gasteiger partial charge in [0.25, 0.3) is 0 Å². The van der Waals surface area contributed by atoms with Crippen LogP contribution >= 0.6 is 0 Å². The van der Waals surface area contributed by atoms with Crippen LogP contribution in [0.2, 0.25) is 0 Å². The molecule has 16 heavy (non-hydrogen) atoms. The van der Waals surface area contributed by atoms with Crippen LogP contribution in [0.4, 0.5) is 0 Å². The van der Waals surface area contributed by atoms with E-state index in [0.29, 0.717) is 5.92 Å². The van der Waals surface area contributed by atoms with E-state index in [9.17, 15) is 4.79 Å². The van der Waals surface area contributed by atoms with Gasteiger partial charge in [-0.25, -0.2) is 9.78 Å². The third-order valence-electron chi connectivity index (χ3n) is 3.56. The largest absolute Gasteiger partial charge is 0.476 e. The fraction of sp³-hybridized carbons (Fsp3) is 0.667. The molecule has 0 bridgehead atoms. The van der Waals surface area contributed by atoms with Crippen molar-refractivity contribution >= 4 is 5.97 Å². The molecule has 0 aliphatic heterocycles. The molecular weight excluding hydrogens is 204 g/mol. The molecule has 1 fully saturated rings. The molecule has 0 aromatic carbocycles. The van der Waals surface area contributed by atoms with Gasteiger partial charge in [0, 0.05) is 13.0 Å². The van der Waals surface area contributed by atoms with Crippen LogP contribution in [0.25, 0.3) is 0 Å². The molecule has 1 aliphatic rings. The summed E-state index contributed by atoms with van der Waals surface area (Å²) in [5.74, 6) is 0.272. The third kappa shape index (κ3) is 1.84. The van der Waals surface area contributed by atoms with E-state index in [1.807, 2.05) is 18.5 Å². The molecule has 1 aromatic rings. The maximum atomic E-state index is 11.2. The van der Waals surface area contributed by atoms with Crippen molar-refractivity contribution in [1.82, 2.24) is 9.55 Å². The zero-order valence-electron chi connectivity index (χ0n) is 9.86. The summed E-state index contributed by atoms with van der Waals surface area (Å²) in [6.07, 6.45) is 5.87. The average molecular weight is 222 g/mol. The third-order valence-corrected chi connectivity index (χ3v) is 3.56. The van der Waals surface area contributed by atoms with E-state index in [4.69, 9.17) is 5.11 Å².